The lowest BCUT2D eigenvalue weighted by Crippen LogP contribution is -2.44. The molecule has 5 heteroatoms. The Labute approximate surface area is 118 Å². The fourth-order valence-electron chi connectivity index (χ4n) is 2.40. The van der Waals surface area contributed by atoms with Crippen LogP contribution in [0.2, 0.25) is 0 Å². The van der Waals surface area contributed by atoms with Crippen molar-refractivity contribution >= 4 is 5.91 Å². The largest absolute Gasteiger partial charge is 0.481 e. The summed E-state index contributed by atoms with van der Waals surface area (Å²) in [5.74, 6) is 0.393. The minimum Gasteiger partial charge on any atom is -0.481 e. The van der Waals surface area contributed by atoms with Crippen LogP contribution in [0.15, 0.2) is 24.3 Å². The van der Waals surface area contributed by atoms with Gasteiger partial charge in [0.15, 0.2) is 6.10 Å². The predicted molar refractivity (Wildman–Crippen MR) is 72.9 cm³/mol. The predicted octanol–water partition coefficient (Wildman–Crippen LogP) is 1.82. The Morgan fingerprint density at radius 2 is 2.05 bits per heavy atom. The Morgan fingerprint density at radius 1 is 1.45 bits per heavy atom. The van der Waals surface area contributed by atoms with E-state index < -0.39 is 6.10 Å². The zero-order chi connectivity index (χ0) is 14.7. The van der Waals surface area contributed by atoms with Gasteiger partial charge >= 0.3 is 0 Å². The monoisotopic (exact) mass is 281 g/mol. The molecule has 1 aliphatic rings. The fourth-order valence-corrected chi connectivity index (χ4v) is 2.40. The minimum atomic E-state index is -0.615. The second-order valence-corrected chi connectivity index (χ2v) is 5.42. The van der Waals surface area contributed by atoms with Crippen LogP contribution in [0.5, 0.6) is 5.75 Å². The van der Waals surface area contributed by atoms with Gasteiger partial charge in [0, 0.05) is 13.6 Å². The summed E-state index contributed by atoms with van der Waals surface area (Å²) in [7, 11) is 1.73. The summed E-state index contributed by atoms with van der Waals surface area (Å²) in [6.07, 6.45) is 0.683. The minimum absolute atomic E-state index is 0.115. The van der Waals surface area contributed by atoms with Gasteiger partial charge in [-0.15, -0.1) is 0 Å². The number of rotatable bonds is 5. The quantitative estimate of drug-likeness (QED) is 0.895. The normalized spacial score (nSPS) is 22.8. The molecule has 0 heterocycles. The molecular weight excluding hydrogens is 261 g/mol. The Kier molecular flexibility index (Phi) is 4.60. The van der Waals surface area contributed by atoms with Crippen LogP contribution in [0.25, 0.3) is 0 Å². The van der Waals surface area contributed by atoms with E-state index in [0.29, 0.717) is 18.2 Å². The molecule has 1 amide bonds. The van der Waals surface area contributed by atoms with Gasteiger partial charge in [0.05, 0.1) is 6.10 Å². The lowest BCUT2D eigenvalue weighted by molar-refractivity contribution is -0.138. The van der Waals surface area contributed by atoms with E-state index in [1.165, 1.54) is 24.3 Å². The van der Waals surface area contributed by atoms with Crippen LogP contribution in [0, 0.1) is 11.7 Å². The number of amides is 1. The summed E-state index contributed by atoms with van der Waals surface area (Å²) in [6.45, 7) is 2.31. The molecule has 0 aliphatic heterocycles. The molecule has 1 aliphatic carbocycles. The average molecular weight is 281 g/mol. The summed E-state index contributed by atoms with van der Waals surface area (Å²) in [5, 5.41) is 9.24. The van der Waals surface area contributed by atoms with Gasteiger partial charge in [-0.25, -0.2) is 4.39 Å². The van der Waals surface area contributed by atoms with Gasteiger partial charge in [0.2, 0.25) is 0 Å². The van der Waals surface area contributed by atoms with Crippen LogP contribution >= 0.6 is 0 Å². The maximum absolute atomic E-state index is 12.8. The van der Waals surface area contributed by atoms with Crippen molar-refractivity contribution in [3.63, 3.8) is 0 Å². The van der Waals surface area contributed by atoms with Crippen LogP contribution in [0.3, 0.4) is 0 Å². The smallest absolute Gasteiger partial charge is 0.263 e. The highest BCUT2D eigenvalue weighted by Crippen LogP contribution is 2.27. The molecule has 1 aromatic rings. The molecule has 1 atom stereocenters. The number of likely N-dealkylation sites (N-methyl/N-ethyl adjacent to an activating group) is 1. The molecule has 0 aromatic heterocycles. The molecule has 0 saturated heterocycles. The van der Waals surface area contributed by atoms with Crippen molar-refractivity contribution in [3.05, 3.63) is 30.1 Å². The van der Waals surface area contributed by atoms with E-state index in [1.54, 1.807) is 18.9 Å². The first-order chi connectivity index (χ1) is 9.45. The molecule has 1 saturated carbocycles. The lowest BCUT2D eigenvalue weighted by Gasteiger charge is -2.35. The number of aliphatic hydroxyl groups is 1. The van der Waals surface area contributed by atoms with E-state index in [9.17, 15) is 14.3 Å². The maximum Gasteiger partial charge on any atom is 0.263 e. The third-order valence-corrected chi connectivity index (χ3v) is 3.59. The lowest BCUT2D eigenvalue weighted by atomic mass is 9.82. The fraction of sp³-hybridized carbons (Fsp3) is 0.533. The first kappa shape index (κ1) is 14.8. The number of hydrogen-bond donors (Lipinski definition) is 1. The molecule has 0 spiro atoms. The third-order valence-electron chi connectivity index (χ3n) is 3.59. The third kappa shape index (κ3) is 3.70. The highest BCUT2D eigenvalue weighted by Gasteiger charge is 2.30. The van der Waals surface area contributed by atoms with Crippen LogP contribution in [-0.4, -0.2) is 41.7 Å². The molecule has 0 radical (unpaired) electrons. The van der Waals surface area contributed by atoms with Crippen molar-refractivity contribution < 1.29 is 19.0 Å². The summed E-state index contributed by atoms with van der Waals surface area (Å²) in [4.78, 5) is 13.8. The molecule has 1 unspecified atom stereocenters. The maximum atomic E-state index is 12.8. The summed E-state index contributed by atoms with van der Waals surface area (Å²) in [5.41, 5.74) is 0. The van der Waals surface area contributed by atoms with Crippen LogP contribution in [-0.2, 0) is 4.79 Å². The standard InChI is InChI=1S/C15H20FNO3/c1-10(20-14-5-3-12(16)4-6-14)15(19)17(2)9-11-7-13(18)8-11/h3-6,10-11,13,18H,7-9H2,1-2H3. The van der Waals surface area contributed by atoms with Gasteiger partial charge in [-0.05, 0) is 49.9 Å². The number of hydrogen-bond acceptors (Lipinski definition) is 3. The Balaban J connectivity index is 1.83. The highest BCUT2D eigenvalue weighted by molar-refractivity contribution is 5.80. The molecule has 110 valence electrons. The van der Waals surface area contributed by atoms with Crippen LogP contribution < -0.4 is 4.74 Å². The molecule has 1 fully saturated rings. The first-order valence-corrected chi connectivity index (χ1v) is 6.81. The van der Waals surface area contributed by atoms with Crippen molar-refractivity contribution in [1.82, 2.24) is 4.90 Å². The number of halogens is 1. The molecule has 2 rings (SSSR count). The summed E-state index contributed by atoms with van der Waals surface area (Å²) >= 11 is 0. The second-order valence-electron chi connectivity index (χ2n) is 5.42. The van der Waals surface area contributed by atoms with Gasteiger partial charge in [-0.2, -0.15) is 0 Å². The van der Waals surface area contributed by atoms with Crippen LogP contribution in [0.4, 0.5) is 4.39 Å². The van der Waals surface area contributed by atoms with Crippen molar-refractivity contribution in [2.75, 3.05) is 13.6 Å². The molecule has 1 N–H and O–H groups in total. The van der Waals surface area contributed by atoms with Crippen molar-refractivity contribution in [3.8, 4) is 5.75 Å². The number of benzene rings is 1. The zero-order valence-electron chi connectivity index (χ0n) is 11.8. The first-order valence-electron chi connectivity index (χ1n) is 6.81. The summed E-state index contributed by atoms with van der Waals surface area (Å²) in [6, 6.07) is 5.60. The Morgan fingerprint density at radius 3 is 2.60 bits per heavy atom. The average Bonchev–Trinajstić information content (AvgIpc) is 2.38. The van der Waals surface area contributed by atoms with E-state index in [0.717, 1.165) is 12.8 Å². The second kappa shape index (κ2) is 6.22. The molecule has 0 bridgehead atoms. The zero-order valence-corrected chi connectivity index (χ0v) is 11.8. The molecule has 4 nitrogen and oxygen atoms in total. The number of carbonyl (C=O) groups is 1. The van der Waals surface area contributed by atoms with Crippen molar-refractivity contribution in [2.45, 2.75) is 32.0 Å². The number of nitrogens with zero attached hydrogens (tertiary/aromatic N) is 1. The SMILES string of the molecule is CC(Oc1ccc(F)cc1)C(=O)N(C)CC1CC(O)C1. The van der Waals surface area contributed by atoms with Crippen LogP contribution in [0.1, 0.15) is 19.8 Å². The number of ether oxygens (including phenoxy) is 1. The van der Waals surface area contributed by atoms with Crippen molar-refractivity contribution in [2.24, 2.45) is 5.92 Å². The highest BCUT2D eigenvalue weighted by atomic mass is 19.1. The van der Waals surface area contributed by atoms with E-state index >= 15 is 0 Å². The van der Waals surface area contributed by atoms with Gasteiger partial charge < -0.3 is 14.7 Å². The van der Waals surface area contributed by atoms with E-state index in [2.05, 4.69) is 0 Å². The topological polar surface area (TPSA) is 49.8 Å². The van der Waals surface area contributed by atoms with E-state index in [1.807, 2.05) is 0 Å². The van der Waals surface area contributed by atoms with E-state index in [-0.39, 0.29) is 17.8 Å². The Bertz CT molecular complexity index is 457. The molecule has 20 heavy (non-hydrogen) atoms. The number of aliphatic hydroxyl groups excluding tert-OH is 1. The number of carbonyl (C=O) groups excluding carboxylic acids is 1. The van der Waals surface area contributed by atoms with Gasteiger partial charge in [0.25, 0.3) is 5.91 Å². The summed E-state index contributed by atoms with van der Waals surface area (Å²) < 4.78 is 18.3. The van der Waals surface area contributed by atoms with Gasteiger partial charge in [-0.1, -0.05) is 0 Å². The molecule has 1 aromatic carbocycles. The van der Waals surface area contributed by atoms with Crippen molar-refractivity contribution in [1.29, 1.82) is 0 Å². The van der Waals surface area contributed by atoms with Gasteiger partial charge in [0.1, 0.15) is 11.6 Å². The Hall–Kier alpha value is -1.62. The molecular formula is C15H20FNO3. The van der Waals surface area contributed by atoms with E-state index in [4.69, 9.17) is 4.74 Å². The van der Waals surface area contributed by atoms with Gasteiger partial charge in [-0.3, -0.25) is 4.79 Å².